The van der Waals surface area contributed by atoms with Gasteiger partial charge in [0.15, 0.2) is 0 Å². The number of hydrogen-bond acceptors (Lipinski definition) is 10. The van der Waals surface area contributed by atoms with Crippen LogP contribution in [0, 0.1) is 5.82 Å². The third-order valence-corrected chi connectivity index (χ3v) is 12.6. The number of imide groups is 2. The topological polar surface area (TPSA) is 193 Å². The van der Waals surface area contributed by atoms with Crippen LogP contribution in [-0.2, 0) is 15.8 Å². The number of pyridine rings is 1. The van der Waals surface area contributed by atoms with E-state index in [1.54, 1.807) is 30.3 Å². The van der Waals surface area contributed by atoms with E-state index >= 15 is 4.39 Å². The average Bonchev–Trinajstić information content (AvgIpc) is 3.54. The zero-order valence-electron chi connectivity index (χ0n) is 37.3. The molecule has 3 atom stereocenters. The largest absolute Gasteiger partial charge is 0.417 e. The minimum atomic E-state index is -4.98. The quantitative estimate of drug-likeness (QED) is 0.0467. The summed E-state index contributed by atoms with van der Waals surface area (Å²) in [7, 11) is 1.99. The smallest absolute Gasteiger partial charge is 0.384 e. The Morgan fingerprint density at radius 3 is 2.18 bits per heavy atom. The van der Waals surface area contributed by atoms with Gasteiger partial charge in [-0.3, -0.25) is 48.7 Å². The van der Waals surface area contributed by atoms with Gasteiger partial charge in [-0.15, -0.1) is 0 Å². The average molecular weight is 929 g/mol. The lowest BCUT2D eigenvalue weighted by Crippen LogP contribution is -2.55. The first-order valence-electron chi connectivity index (χ1n) is 22.3. The fraction of sp³-hybridized carbons (Fsp3) is 0.396. The highest BCUT2D eigenvalue weighted by Crippen LogP contribution is 2.37. The van der Waals surface area contributed by atoms with Crippen LogP contribution in [0.1, 0.15) is 112 Å². The maximum absolute atomic E-state index is 15.8. The summed E-state index contributed by atoms with van der Waals surface area (Å²) in [5, 5.41) is 10.9. The summed E-state index contributed by atoms with van der Waals surface area (Å²) in [4.78, 5) is 95.9. The van der Waals surface area contributed by atoms with Crippen LogP contribution in [-0.4, -0.2) is 102 Å². The van der Waals surface area contributed by atoms with Crippen molar-refractivity contribution in [3.05, 3.63) is 111 Å². The Balaban J connectivity index is 0.896. The highest BCUT2D eigenvalue weighted by Gasteiger charge is 2.45. The molecule has 15 nitrogen and oxygen atoms in total. The van der Waals surface area contributed by atoms with Crippen molar-refractivity contribution in [2.45, 2.75) is 89.5 Å². The van der Waals surface area contributed by atoms with Crippen molar-refractivity contribution < 1.29 is 46.3 Å². The van der Waals surface area contributed by atoms with Gasteiger partial charge in [-0.25, -0.2) is 4.39 Å². The van der Waals surface area contributed by atoms with E-state index in [9.17, 15) is 46.7 Å². The second kappa shape index (κ2) is 20.3. The fourth-order valence-corrected chi connectivity index (χ4v) is 8.80. The summed E-state index contributed by atoms with van der Waals surface area (Å²) < 4.78 is 57.5. The minimum absolute atomic E-state index is 0.0397. The molecule has 2 fully saturated rings. The zero-order chi connectivity index (χ0) is 48.2. The lowest BCUT2D eigenvalue weighted by atomic mass is 10.00. The highest BCUT2D eigenvalue weighted by atomic mass is 19.4. The number of anilines is 3. The van der Waals surface area contributed by atoms with Gasteiger partial charge in [-0.2, -0.15) is 13.2 Å². The van der Waals surface area contributed by atoms with E-state index in [2.05, 4.69) is 31.2 Å². The molecular weight excluding hydrogens is 877 g/mol. The Labute approximate surface area is 383 Å². The maximum Gasteiger partial charge on any atom is 0.417 e. The summed E-state index contributed by atoms with van der Waals surface area (Å²) in [5.41, 5.74) is -1.12. The van der Waals surface area contributed by atoms with Crippen LogP contribution in [0.3, 0.4) is 0 Å². The van der Waals surface area contributed by atoms with Gasteiger partial charge in [0.2, 0.25) is 17.4 Å². The number of likely N-dealkylation sites (N-methyl/N-ethyl adjacent to an activating group) is 1. The molecule has 0 aliphatic carbocycles. The van der Waals surface area contributed by atoms with Crippen LogP contribution >= 0.6 is 0 Å². The third-order valence-electron chi connectivity index (χ3n) is 12.6. The number of carbonyl (C=O) groups excluding carboxylic acids is 6. The molecule has 0 radical (unpaired) electrons. The molecule has 19 heteroatoms. The van der Waals surface area contributed by atoms with E-state index in [-0.39, 0.29) is 52.9 Å². The van der Waals surface area contributed by atoms with Crippen molar-refractivity contribution in [3.8, 4) is 11.1 Å². The number of aromatic amines is 1. The van der Waals surface area contributed by atoms with Gasteiger partial charge in [0.25, 0.3) is 23.6 Å². The molecular formula is C48H52F4N8O7. The molecule has 3 aliphatic rings. The number of nitrogens with zero attached hydrogens (tertiary/aromatic N) is 3. The number of carbonyl (C=O) groups is 6. The number of benzene rings is 3. The van der Waals surface area contributed by atoms with Gasteiger partial charge in [0.1, 0.15) is 11.9 Å². The first-order chi connectivity index (χ1) is 31.9. The number of fused-ring (bicyclic) bond motifs is 1. The molecule has 4 aromatic rings. The normalized spacial score (nSPS) is 18.8. The van der Waals surface area contributed by atoms with Crippen molar-refractivity contribution in [1.82, 2.24) is 25.4 Å². The van der Waals surface area contributed by atoms with Crippen molar-refractivity contribution in [3.63, 3.8) is 0 Å². The molecule has 0 bridgehead atoms. The molecule has 2 unspecified atom stereocenters. The number of rotatable bonds is 16. The van der Waals surface area contributed by atoms with Gasteiger partial charge >= 0.3 is 6.18 Å². The first kappa shape index (κ1) is 48.1. The van der Waals surface area contributed by atoms with Crippen molar-refractivity contribution in [2.24, 2.45) is 0 Å². The molecule has 5 N–H and O–H groups in total. The number of piperidine rings is 1. The predicted molar refractivity (Wildman–Crippen MR) is 242 cm³/mol. The summed E-state index contributed by atoms with van der Waals surface area (Å²) in [5.74, 6) is -4.54. The van der Waals surface area contributed by atoms with E-state index < -0.39 is 70.2 Å². The molecule has 67 heavy (non-hydrogen) atoms. The zero-order valence-corrected chi connectivity index (χ0v) is 37.3. The second-order valence-electron chi connectivity index (χ2n) is 17.3. The fourth-order valence-electron chi connectivity index (χ4n) is 8.80. The Kier molecular flexibility index (Phi) is 14.6. The van der Waals surface area contributed by atoms with Crippen LogP contribution in [0.2, 0.25) is 0 Å². The van der Waals surface area contributed by atoms with Crippen molar-refractivity contribution >= 4 is 52.5 Å². The first-order valence-corrected chi connectivity index (χ1v) is 22.3. The van der Waals surface area contributed by atoms with E-state index in [4.69, 9.17) is 0 Å². The minimum Gasteiger partial charge on any atom is -0.384 e. The Morgan fingerprint density at radius 2 is 1.49 bits per heavy atom. The number of H-pyrrole nitrogens is 1. The molecule has 1 aromatic heterocycles. The highest BCUT2D eigenvalue weighted by molar-refractivity contribution is 6.25. The standard InChI is InChI=1S/C48H52F4N8O7/c1-27-25-59(26-28(2)58(27)3)38-16-14-29(22-37(38)56-44(64)33-24-55-41(62)23-34(33)48(50,51)52)31-15-13-30(21-35(31)49)43(63)54-20-9-7-5-4-6-8-19-53-36-12-10-11-32-42(36)47(67)60(46(32)66)39-17-18-40(61)57-45(39)65/h10-16,21-24,27-28,39,53H,4-9,17-20,25-26H2,1-3H3,(H,54,63)(H,55,62)(H,56,64)(H,57,61,65)/t27-,28?,39?/m0/s1. The number of nitrogens with one attached hydrogen (secondary N) is 5. The number of hydrogen-bond donors (Lipinski definition) is 5. The lowest BCUT2D eigenvalue weighted by Gasteiger charge is -2.44. The maximum atomic E-state index is 15.8. The monoisotopic (exact) mass is 928 g/mol. The van der Waals surface area contributed by atoms with Gasteiger partial charge in [-0.1, -0.05) is 43.9 Å². The number of amides is 6. The molecule has 3 aromatic carbocycles. The SMILES string of the molecule is CC1CN(c2ccc(-c3ccc(C(=O)NCCCCCCCCNc4cccc5c4C(=O)N(C4CCC(=O)NC4=O)C5=O)cc3F)cc2NC(=O)c2c[nH]c(=O)cc2C(F)(F)F)C[C@H](C)N1C. The van der Waals surface area contributed by atoms with Crippen molar-refractivity contribution in [1.29, 1.82) is 0 Å². The van der Waals surface area contributed by atoms with Crippen LogP contribution < -0.4 is 31.7 Å². The molecule has 4 heterocycles. The summed E-state index contributed by atoms with van der Waals surface area (Å²) >= 11 is 0. The summed E-state index contributed by atoms with van der Waals surface area (Å²) in [6, 6.07) is 13.2. The molecule has 354 valence electrons. The molecule has 0 saturated carbocycles. The number of unbranched alkanes of at least 4 members (excludes halogenated alkanes) is 5. The number of alkyl halides is 3. The molecule has 7 rings (SSSR count). The molecule has 0 spiro atoms. The molecule has 6 amide bonds. The molecule has 3 aliphatic heterocycles. The Hall–Kier alpha value is -6.89. The van der Waals surface area contributed by atoms with Crippen LogP contribution in [0.5, 0.6) is 0 Å². The summed E-state index contributed by atoms with van der Waals surface area (Å²) in [6.07, 6.45) is 0.858. The van der Waals surface area contributed by atoms with Crippen molar-refractivity contribution in [2.75, 3.05) is 48.8 Å². The third kappa shape index (κ3) is 10.7. The lowest BCUT2D eigenvalue weighted by molar-refractivity contribution is -0.138. The number of halogens is 4. The van der Waals surface area contributed by atoms with Gasteiger partial charge < -0.3 is 25.8 Å². The van der Waals surface area contributed by atoms with Gasteiger partial charge in [0.05, 0.1) is 33.6 Å². The van der Waals surface area contributed by atoms with E-state index in [1.807, 2.05) is 25.8 Å². The van der Waals surface area contributed by atoms with E-state index in [0.717, 1.165) is 43.1 Å². The van der Waals surface area contributed by atoms with Crippen LogP contribution in [0.4, 0.5) is 34.6 Å². The van der Waals surface area contributed by atoms with E-state index in [1.165, 1.54) is 18.2 Å². The summed E-state index contributed by atoms with van der Waals surface area (Å²) in [6.45, 7) is 6.05. The van der Waals surface area contributed by atoms with Crippen LogP contribution in [0.25, 0.3) is 11.1 Å². The van der Waals surface area contributed by atoms with Gasteiger partial charge in [0, 0.05) is 73.8 Å². The number of aromatic nitrogens is 1. The Bertz CT molecular complexity index is 2640. The number of piperazine rings is 1. The van der Waals surface area contributed by atoms with Crippen LogP contribution in [0.15, 0.2) is 71.7 Å². The molecule has 2 saturated heterocycles. The Morgan fingerprint density at radius 1 is 0.791 bits per heavy atom. The predicted octanol–water partition coefficient (Wildman–Crippen LogP) is 6.56. The van der Waals surface area contributed by atoms with Gasteiger partial charge in [-0.05, 0) is 82.1 Å². The van der Waals surface area contributed by atoms with E-state index in [0.29, 0.717) is 61.8 Å². The second-order valence-corrected chi connectivity index (χ2v) is 17.3.